The Morgan fingerprint density at radius 2 is 1.95 bits per heavy atom. The van der Waals surface area contributed by atoms with Gasteiger partial charge in [-0.15, -0.1) is 0 Å². The number of benzene rings is 1. The van der Waals surface area contributed by atoms with Gasteiger partial charge in [-0.3, -0.25) is 4.79 Å². The van der Waals surface area contributed by atoms with Gasteiger partial charge in [0.1, 0.15) is 11.6 Å². The molecule has 21 heavy (non-hydrogen) atoms. The van der Waals surface area contributed by atoms with E-state index in [0.717, 1.165) is 11.1 Å². The maximum absolute atomic E-state index is 11.7. The minimum Gasteiger partial charge on any atom is -0.451 e. The van der Waals surface area contributed by atoms with E-state index in [-0.39, 0.29) is 11.6 Å². The quantitative estimate of drug-likeness (QED) is 0.510. The third-order valence-electron chi connectivity index (χ3n) is 2.51. The molecule has 110 valence electrons. The molecule has 0 aliphatic heterocycles. The fraction of sp³-hybridized carbons (Fsp3) is 0.312. The van der Waals surface area contributed by atoms with Gasteiger partial charge in [-0.2, -0.15) is 5.26 Å². The van der Waals surface area contributed by atoms with Crippen molar-refractivity contribution in [1.29, 1.82) is 5.26 Å². The lowest BCUT2D eigenvalue weighted by molar-refractivity contribution is -0.144. The number of hydrogen-bond donors (Lipinski definition) is 1. The van der Waals surface area contributed by atoms with Crippen LogP contribution >= 0.6 is 0 Å². The molecule has 5 nitrogen and oxygen atoms in total. The van der Waals surface area contributed by atoms with Gasteiger partial charge in [-0.1, -0.05) is 29.8 Å². The van der Waals surface area contributed by atoms with Crippen LogP contribution in [0.1, 0.15) is 25.0 Å². The van der Waals surface area contributed by atoms with Crippen molar-refractivity contribution in [1.82, 2.24) is 5.32 Å². The van der Waals surface area contributed by atoms with Gasteiger partial charge >= 0.3 is 5.97 Å². The first-order valence-corrected chi connectivity index (χ1v) is 6.57. The molecule has 0 radical (unpaired) electrons. The number of carbonyl (C=O) groups excluding carboxylic acids is 2. The lowest BCUT2D eigenvalue weighted by Crippen LogP contribution is -2.34. The average Bonchev–Trinajstić information content (AvgIpc) is 2.43. The van der Waals surface area contributed by atoms with Crippen molar-refractivity contribution < 1.29 is 14.3 Å². The lowest BCUT2D eigenvalue weighted by atomic mass is 10.1. The van der Waals surface area contributed by atoms with Crippen LogP contribution in [0.2, 0.25) is 0 Å². The molecule has 0 aliphatic rings. The van der Waals surface area contributed by atoms with Crippen LogP contribution in [0.25, 0.3) is 6.08 Å². The van der Waals surface area contributed by atoms with Crippen molar-refractivity contribution in [3.05, 3.63) is 41.0 Å². The SMILES string of the molecule is Cc1ccc(/C=C(\C#N)C(=O)OCC(=O)NC(C)C)cc1. The monoisotopic (exact) mass is 286 g/mol. The van der Waals surface area contributed by atoms with Gasteiger partial charge in [-0.25, -0.2) is 4.79 Å². The van der Waals surface area contributed by atoms with E-state index in [4.69, 9.17) is 10.00 Å². The van der Waals surface area contributed by atoms with E-state index >= 15 is 0 Å². The van der Waals surface area contributed by atoms with Crippen molar-refractivity contribution >= 4 is 18.0 Å². The number of carbonyl (C=O) groups is 2. The van der Waals surface area contributed by atoms with Crippen molar-refractivity contribution in [2.45, 2.75) is 26.8 Å². The topological polar surface area (TPSA) is 79.2 Å². The summed E-state index contributed by atoms with van der Waals surface area (Å²) in [7, 11) is 0. The van der Waals surface area contributed by atoms with Crippen LogP contribution in [0.5, 0.6) is 0 Å². The van der Waals surface area contributed by atoms with E-state index in [2.05, 4.69) is 5.32 Å². The summed E-state index contributed by atoms with van der Waals surface area (Å²) in [6, 6.07) is 9.10. The van der Waals surface area contributed by atoms with Gasteiger partial charge < -0.3 is 10.1 Å². The Morgan fingerprint density at radius 3 is 2.48 bits per heavy atom. The molecule has 0 aliphatic carbocycles. The predicted molar refractivity (Wildman–Crippen MR) is 79.0 cm³/mol. The Hall–Kier alpha value is -2.61. The largest absolute Gasteiger partial charge is 0.451 e. The summed E-state index contributed by atoms with van der Waals surface area (Å²) in [6.45, 7) is 5.15. The number of nitrogens with one attached hydrogen (secondary N) is 1. The van der Waals surface area contributed by atoms with E-state index in [1.54, 1.807) is 32.0 Å². The highest BCUT2D eigenvalue weighted by Crippen LogP contribution is 2.09. The fourth-order valence-corrected chi connectivity index (χ4v) is 1.54. The van der Waals surface area contributed by atoms with Crippen molar-refractivity contribution in [3.63, 3.8) is 0 Å². The second-order valence-electron chi connectivity index (χ2n) is 4.88. The molecule has 1 aromatic carbocycles. The highest BCUT2D eigenvalue weighted by Gasteiger charge is 2.13. The van der Waals surface area contributed by atoms with Crippen molar-refractivity contribution in [2.24, 2.45) is 0 Å². The molecule has 1 N–H and O–H groups in total. The van der Waals surface area contributed by atoms with Gasteiger partial charge in [0.05, 0.1) is 0 Å². The molecular formula is C16H18N2O3. The highest BCUT2D eigenvalue weighted by molar-refractivity contribution is 5.98. The van der Waals surface area contributed by atoms with Crippen molar-refractivity contribution in [2.75, 3.05) is 6.61 Å². The molecule has 1 aromatic rings. The lowest BCUT2D eigenvalue weighted by Gasteiger charge is -2.08. The zero-order valence-corrected chi connectivity index (χ0v) is 12.3. The van der Waals surface area contributed by atoms with Crippen LogP contribution in [0.4, 0.5) is 0 Å². The molecule has 0 saturated heterocycles. The molecular weight excluding hydrogens is 268 g/mol. The molecule has 0 fully saturated rings. The molecule has 0 saturated carbocycles. The standard InChI is InChI=1S/C16H18N2O3/c1-11(2)18-15(19)10-21-16(20)14(9-17)8-13-6-4-12(3)5-7-13/h4-8,11H,10H2,1-3H3,(H,18,19)/b14-8+. The van der Waals surface area contributed by atoms with Crippen LogP contribution in [-0.2, 0) is 14.3 Å². The van der Waals surface area contributed by atoms with Gasteiger partial charge in [0.2, 0.25) is 0 Å². The maximum atomic E-state index is 11.7. The Bertz CT molecular complexity index is 581. The number of hydrogen-bond acceptors (Lipinski definition) is 4. The summed E-state index contributed by atoms with van der Waals surface area (Å²) in [5.41, 5.74) is 1.66. The Labute approximate surface area is 124 Å². The van der Waals surface area contributed by atoms with Crippen LogP contribution in [-0.4, -0.2) is 24.5 Å². The third kappa shape index (κ3) is 5.91. The first kappa shape index (κ1) is 16.4. The highest BCUT2D eigenvalue weighted by atomic mass is 16.5. The average molecular weight is 286 g/mol. The van der Waals surface area contributed by atoms with Gasteiger partial charge in [-0.05, 0) is 32.4 Å². The van der Waals surface area contributed by atoms with Gasteiger partial charge in [0.25, 0.3) is 5.91 Å². The van der Waals surface area contributed by atoms with Gasteiger partial charge in [0, 0.05) is 6.04 Å². The third-order valence-corrected chi connectivity index (χ3v) is 2.51. The second-order valence-corrected chi connectivity index (χ2v) is 4.88. The molecule has 0 unspecified atom stereocenters. The smallest absolute Gasteiger partial charge is 0.349 e. The first-order valence-electron chi connectivity index (χ1n) is 6.57. The number of esters is 1. The number of ether oxygens (including phenoxy) is 1. The number of amides is 1. The van der Waals surface area contributed by atoms with Crippen LogP contribution in [0.3, 0.4) is 0 Å². The summed E-state index contributed by atoms with van der Waals surface area (Å²) in [4.78, 5) is 23.1. The minimum atomic E-state index is -0.808. The Balaban J connectivity index is 2.68. The van der Waals surface area contributed by atoms with Crippen LogP contribution < -0.4 is 5.32 Å². The molecule has 0 heterocycles. The molecule has 0 atom stereocenters. The van der Waals surface area contributed by atoms with Crippen LogP contribution in [0.15, 0.2) is 29.8 Å². The first-order chi connectivity index (χ1) is 9.92. The number of rotatable bonds is 5. The number of aryl methyl sites for hydroxylation is 1. The number of nitrogens with zero attached hydrogens (tertiary/aromatic N) is 1. The predicted octanol–water partition coefficient (Wildman–Crippen LogP) is 1.97. The summed E-state index contributed by atoms with van der Waals surface area (Å²) in [5, 5.41) is 11.6. The van der Waals surface area contributed by atoms with E-state index in [1.807, 2.05) is 19.1 Å². The van der Waals surface area contributed by atoms with E-state index in [1.165, 1.54) is 6.08 Å². The Morgan fingerprint density at radius 1 is 1.33 bits per heavy atom. The fourth-order valence-electron chi connectivity index (χ4n) is 1.54. The zero-order chi connectivity index (χ0) is 15.8. The molecule has 0 spiro atoms. The van der Waals surface area contributed by atoms with E-state index < -0.39 is 18.5 Å². The van der Waals surface area contributed by atoms with E-state index in [0.29, 0.717) is 0 Å². The summed E-state index contributed by atoms with van der Waals surface area (Å²) in [6.07, 6.45) is 1.43. The molecule has 5 heteroatoms. The summed E-state index contributed by atoms with van der Waals surface area (Å²) < 4.78 is 4.81. The van der Waals surface area contributed by atoms with Crippen LogP contribution in [0, 0.1) is 18.3 Å². The van der Waals surface area contributed by atoms with Gasteiger partial charge in [0.15, 0.2) is 6.61 Å². The molecule has 0 aromatic heterocycles. The van der Waals surface area contributed by atoms with Crippen molar-refractivity contribution in [3.8, 4) is 6.07 Å². The summed E-state index contributed by atoms with van der Waals surface area (Å²) in [5.74, 6) is -1.21. The maximum Gasteiger partial charge on any atom is 0.349 e. The normalized spacial score (nSPS) is 10.9. The minimum absolute atomic E-state index is 0.0326. The zero-order valence-electron chi connectivity index (χ0n) is 12.3. The second kappa shape index (κ2) is 7.85. The molecule has 0 bridgehead atoms. The summed E-state index contributed by atoms with van der Waals surface area (Å²) >= 11 is 0. The van der Waals surface area contributed by atoms with E-state index in [9.17, 15) is 9.59 Å². The molecule has 1 rings (SSSR count). The Kier molecular flexibility index (Phi) is 6.15. The number of nitriles is 1. The molecule has 1 amide bonds.